The van der Waals surface area contributed by atoms with Crippen LogP contribution in [0, 0.1) is 0 Å². The van der Waals surface area contributed by atoms with Crippen LogP contribution in [-0.2, 0) is 11.3 Å². The van der Waals surface area contributed by atoms with Crippen molar-refractivity contribution in [1.82, 2.24) is 4.90 Å². The Labute approximate surface area is 178 Å². The van der Waals surface area contributed by atoms with Gasteiger partial charge in [0.15, 0.2) is 6.10 Å². The van der Waals surface area contributed by atoms with Gasteiger partial charge in [0.1, 0.15) is 22.9 Å². The normalized spacial score (nSPS) is 16.7. The largest absolute Gasteiger partial charge is 0.481 e. The molecule has 0 fully saturated rings. The number of nitrogens with two attached hydrogens (primary N) is 1. The van der Waals surface area contributed by atoms with Crippen LogP contribution in [0.1, 0.15) is 58.2 Å². The number of fused-ring (bicyclic) bond motifs is 1. The van der Waals surface area contributed by atoms with Crippen LogP contribution in [-0.4, -0.2) is 28.5 Å². The highest BCUT2D eigenvalue weighted by atomic mass is 16.6. The summed E-state index contributed by atoms with van der Waals surface area (Å²) in [6, 6.07) is 15.6. The maximum absolute atomic E-state index is 13.2. The van der Waals surface area contributed by atoms with Gasteiger partial charge in [-0.25, -0.2) is 9.79 Å². The Morgan fingerprint density at radius 1 is 1.23 bits per heavy atom. The predicted molar refractivity (Wildman–Crippen MR) is 119 cm³/mol. The lowest BCUT2D eigenvalue weighted by Gasteiger charge is -2.34. The summed E-state index contributed by atoms with van der Waals surface area (Å²) in [6.45, 7) is 10.0. The van der Waals surface area contributed by atoms with Gasteiger partial charge in [-0.15, -0.1) is 0 Å². The molecule has 1 heterocycles. The molecular formula is C24H31N3O3. The van der Waals surface area contributed by atoms with Gasteiger partial charge in [-0.2, -0.15) is 0 Å². The number of ether oxygens (including phenoxy) is 2. The number of amidine groups is 1. The first-order valence-corrected chi connectivity index (χ1v) is 10.4. The summed E-state index contributed by atoms with van der Waals surface area (Å²) in [6.07, 6.45) is 0.131. The minimum atomic E-state index is -0.580. The van der Waals surface area contributed by atoms with Crippen molar-refractivity contribution in [3.05, 3.63) is 59.7 Å². The van der Waals surface area contributed by atoms with E-state index in [9.17, 15) is 4.79 Å². The molecule has 2 aromatic rings. The second-order valence-corrected chi connectivity index (χ2v) is 8.54. The van der Waals surface area contributed by atoms with Crippen LogP contribution in [0.4, 0.5) is 10.5 Å². The van der Waals surface area contributed by atoms with Gasteiger partial charge in [0.05, 0.1) is 6.04 Å². The van der Waals surface area contributed by atoms with Gasteiger partial charge < -0.3 is 15.2 Å². The van der Waals surface area contributed by atoms with Crippen LogP contribution in [0.15, 0.2) is 53.5 Å². The van der Waals surface area contributed by atoms with Crippen molar-refractivity contribution in [3.63, 3.8) is 0 Å². The van der Waals surface area contributed by atoms with Crippen molar-refractivity contribution in [3.8, 4) is 5.75 Å². The summed E-state index contributed by atoms with van der Waals surface area (Å²) < 4.78 is 11.6. The molecule has 1 aliphatic rings. The van der Waals surface area contributed by atoms with Crippen LogP contribution in [0.25, 0.3) is 0 Å². The number of rotatable bonds is 5. The van der Waals surface area contributed by atoms with Gasteiger partial charge in [0.2, 0.25) is 0 Å². The van der Waals surface area contributed by atoms with Gasteiger partial charge >= 0.3 is 6.09 Å². The van der Waals surface area contributed by atoms with E-state index in [0.29, 0.717) is 23.8 Å². The fourth-order valence-electron chi connectivity index (χ4n) is 3.45. The van der Waals surface area contributed by atoms with Crippen molar-refractivity contribution < 1.29 is 14.3 Å². The van der Waals surface area contributed by atoms with Crippen LogP contribution >= 0.6 is 0 Å². The molecule has 0 spiro atoms. The molecule has 0 saturated carbocycles. The molecule has 6 heteroatoms. The summed E-state index contributed by atoms with van der Waals surface area (Å²) in [4.78, 5) is 19.4. The third kappa shape index (κ3) is 5.12. The van der Waals surface area contributed by atoms with Crippen molar-refractivity contribution in [2.24, 2.45) is 10.7 Å². The highest BCUT2D eigenvalue weighted by molar-refractivity contribution is 5.89. The number of nitrogens with zero attached hydrogens (tertiary/aromatic N) is 2. The molecule has 0 saturated heterocycles. The molecule has 1 aliphatic heterocycles. The Balaban J connectivity index is 1.96. The van der Waals surface area contributed by atoms with E-state index >= 15 is 0 Å². The van der Waals surface area contributed by atoms with Crippen LogP contribution in [0.3, 0.4) is 0 Å². The lowest BCUT2D eigenvalue weighted by atomic mass is 10.0. The Bertz CT molecular complexity index is 919. The molecule has 2 atom stereocenters. The number of hydrogen-bond donors (Lipinski definition) is 1. The number of carbonyl (C=O) groups excluding carboxylic acids is 1. The second kappa shape index (κ2) is 8.78. The molecule has 0 aromatic heterocycles. The molecular weight excluding hydrogens is 378 g/mol. The third-order valence-corrected chi connectivity index (χ3v) is 4.92. The first kappa shape index (κ1) is 21.7. The average molecular weight is 410 g/mol. The van der Waals surface area contributed by atoms with Crippen molar-refractivity contribution >= 4 is 17.6 Å². The highest BCUT2D eigenvalue weighted by Crippen LogP contribution is 2.37. The standard InChI is InChI=1S/C24H31N3O3/c1-6-20(18-12-13-21-19(14-18)26-22(25)16(2)29-21)27(23(28)30-24(3,4)5)15-17-10-8-7-9-11-17/h7-14,16,20H,6,15H2,1-5H3,(H2,25,26). The van der Waals surface area contributed by atoms with E-state index < -0.39 is 5.60 Å². The van der Waals surface area contributed by atoms with E-state index in [4.69, 9.17) is 15.2 Å². The Morgan fingerprint density at radius 3 is 2.57 bits per heavy atom. The van der Waals surface area contributed by atoms with E-state index in [1.54, 1.807) is 4.90 Å². The Kier molecular flexibility index (Phi) is 6.34. The fourth-order valence-corrected chi connectivity index (χ4v) is 3.45. The zero-order valence-electron chi connectivity index (χ0n) is 18.4. The number of aliphatic imine (C=N–C) groups is 1. The molecule has 2 unspecified atom stereocenters. The number of benzene rings is 2. The smallest absolute Gasteiger partial charge is 0.411 e. The summed E-state index contributed by atoms with van der Waals surface area (Å²) in [5.74, 6) is 1.14. The van der Waals surface area contributed by atoms with E-state index in [1.165, 1.54) is 0 Å². The zero-order chi connectivity index (χ0) is 21.9. The molecule has 0 bridgehead atoms. The minimum absolute atomic E-state index is 0.180. The average Bonchev–Trinajstić information content (AvgIpc) is 2.68. The Hall–Kier alpha value is -3.02. The molecule has 2 aromatic carbocycles. The number of carbonyl (C=O) groups is 1. The predicted octanol–water partition coefficient (Wildman–Crippen LogP) is 5.34. The van der Waals surface area contributed by atoms with E-state index in [1.807, 2.05) is 76.2 Å². The molecule has 0 radical (unpaired) electrons. The summed E-state index contributed by atoms with van der Waals surface area (Å²) in [5, 5.41) is 0. The summed E-state index contributed by atoms with van der Waals surface area (Å²) in [5.41, 5.74) is 8.08. The van der Waals surface area contributed by atoms with Crippen LogP contribution in [0.2, 0.25) is 0 Å². The second-order valence-electron chi connectivity index (χ2n) is 8.54. The van der Waals surface area contributed by atoms with Crippen molar-refractivity contribution in [1.29, 1.82) is 0 Å². The lowest BCUT2D eigenvalue weighted by molar-refractivity contribution is 0.0131. The maximum Gasteiger partial charge on any atom is 0.411 e. The first-order valence-electron chi connectivity index (χ1n) is 10.4. The quantitative estimate of drug-likeness (QED) is 0.723. The SMILES string of the molecule is CCC(c1ccc2c(c1)N=C(N)C(C)O2)N(Cc1ccccc1)C(=O)OC(C)(C)C. The highest BCUT2D eigenvalue weighted by Gasteiger charge is 2.30. The van der Waals surface area contributed by atoms with Gasteiger partial charge in [0, 0.05) is 6.54 Å². The lowest BCUT2D eigenvalue weighted by Crippen LogP contribution is -2.39. The van der Waals surface area contributed by atoms with E-state index in [0.717, 1.165) is 17.5 Å². The monoisotopic (exact) mass is 409 g/mol. The molecule has 3 rings (SSSR count). The van der Waals surface area contributed by atoms with Gasteiger partial charge in [-0.05, 0) is 57.4 Å². The van der Waals surface area contributed by atoms with Crippen LogP contribution in [0.5, 0.6) is 5.75 Å². The Morgan fingerprint density at radius 2 is 1.93 bits per heavy atom. The molecule has 30 heavy (non-hydrogen) atoms. The first-order chi connectivity index (χ1) is 14.2. The molecule has 1 amide bonds. The fraction of sp³-hybridized carbons (Fsp3) is 0.417. The van der Waals surface area contributed by atoms with Gasteiger partial charge in [-0.3, -0.25) is 4.90 Å². The van der Waals surface area contributed by atoms with E-state index in [-0.39, 0.29) is 18.2 Å². The molecule has 0 aliphatic carbocycles. The molecule has 6 nitrogen and oxygen atoms in total. The zero-order valence-corrected chi connectivity index (χ0v) is 18.4. The topological polar surface area (TPSA) is 77.2 Å². The van der Waals surface area contributed by atoms with Crippen molar-refractivity contribution in [2.45, 2.75) is 65.3 Å². The molecule has 2 N–H and O–H groups in total. The molecule has 160 valence electrons. The van der Waals surface area contributed by atoms with Gasteiger partial charge in [-0.1, -0.05) is 43.3 Å². The van der Waals surface area contributed by atoms with Gasteiger partial charge in [0.25, 0.3) is 0 Å². The summed E-state index contributed by atoms with van der Waals surface area (Å²) in [7, 11) is 0. The van der Waals surface area contributed by atoms with Crippen LogP contribution < -0.4 is 10.5 Å². The van der Waals surface area contributed by atoms with E-state index in [2.05, 4.69) is 11.9 Å². The minimum Gasteiger partial charge on any atom is -0.481 e. The van der Waals surface area contributed by atoms with Crippen molar-refractivity contribution in [2.75, 3.05) is 0 Å². The number of hydrogen-bond acceptors (Lipinski definition) is 5. The third-order valence-electron chi connectivity index (χ3n) is 4.92. The maximum atomic E-state index is 13.2. The summed E-state index contributed by atoms with van der Waals surface area (Å²) >= 11 is 0. The number of amides is 1.